The average molecular weight is 212 g/mol. The molecule has 0 aliphatic heterocycles. The largest absolute Gasteiger partial charge is 0.464 e. The molecule has 0 bridgehead atoms. The van der Waals surface area contributed by atoms with Gasteiger partial charge >= 0.3 is 5.97 Å². The Morgan fingerprint density at radius 1 is 1.73 bits per heavy atom. The van der Waals surface area contributed by atoms with Crippen LogP contribution in [0.1, 0.15) is 17.4 Å². The van der Waals surface area contributed by atoms with Crippen LogP contribution in [0.4, 0.5) is 5.69 Å². The lowest BCUT2D eigenvalue weighted by Crippen LogP contribution is -2.16. The van der Waals surface area contributed by atoms with Crippen LogP contribution in [0.5, 0.6) is 0 Å². The van der Waals surface area contributed by atoms with E-state index >= 15 is 0 Å². The van der Waals surface area contributed by atoms with Crippen LogP contribution in [-0.2, 0) is 11.3 Å². The lowest BCUT2D eigenvalue weighted by Gasteiger charge is -2.11. The van der Waals surface area contributed by atoms with Gasteiger partial charge in [-0.05, 0) is 12.0 Å². The Morgan fingerprint density at radius 3 is 2.93 bits per heavy atom. The van der Waals surface area contributed by atoms with Gasteiger partial charge in [0, 0.05) is 19.3 Å². The molecule has 3 N–H and O–H groups in total. The van der Waals surface area contributed by atoms with Gasteiger partial charge in [0.05, 0.1) is 12.8 Å². The van der Waals surface area contributed by atoms with Crippen LogP contribution >= 0.6 is 0 Å². The van der Waals surface area contributed by atoms with Gasteiger partial charge in [-0.25, -0.2) is 4.79 Å². The van der Waals surface area contributed by atoms with Crippen molar-refractivity contribution >= 4 is 11.7 Å². The highest BCUT2D eigenvalue weighted by molar-refractivity contribution is 5.88. The van der Waals surface area contributed by atoms with Crippen LogP contribution in [0.3, 0.4) is 0 Å². The first-order valence-electron chi connectivity index (χ1n) is 4.73. The molecule has 1 aromatic rings. The number of aromatic nitrogens is 1. The van der Waals surface area contributed by atoms with Crippen LogP contribution in [0, 0.1) is 5.92 Å². The number of nitrogens with two attached hydrogens (primary N) is 1. The number of nitrogens with zero attached hydrogens (tertiary/aromatic N) is 1. The number of ether oxygens (including phenoxy) is 1. The molecule has 1 rings (SSSR count). The maximum Gasteiger partial charge on any atom is 0.354 e. The number of hydrogen-bond donors (Lipinski definition) is 2. The molecule has 15 heavy (non-hydrogen) atoms. The van der Waals surface area contributed by atoms with E-state index in [-0.39, 0.29) is 12.5 Å². The van der Waals surface area contributed by atoms with E-state index in [1.54, 1.807) is 16.8 Å². The molecule has 1 atom stereocenters. The first-order valence-corrected chi connectivity index (χ1v) is 4.73. The van der Waals surface area contributed by atoms with Crippen molar-refractivity contribution in [3.8, 4) is 0 Å². The van der Waals surface area contributed by atoms with Gasteiger partial charge in [-0.15, -0.1) is 0 Å². The van der Waals surface area contributed by atoms with Gasteiger partial charge in [-0.1, -0.05) is 6.92 Å². The molecule has 1 aromatic heterocycles. The summed E-state index contributed by atoms with van der Waals surface area (Å²) in [7, 11) is 1.32. The SMILES string of the molecule is COC(=O)c1cc(N)cn1CC(C)CO. The smallest absolute Gasteiger partial charge is 0.354 e. The number of aliphatic hydroxyl groups excluding tert-OH is 1. The minimum Gasteiger partial charge on any atom is -0.464 e. The molecule has 0 radical (unpaired) electrons. The zero-order valence-corrected chi connectivity index (χ0v) is 8.93. The van der Waals surface area contributed by atoms with Crippen molar-refractivity contribution < 1.29 is 14.6 Å². The van der Waals surface area contributed by atoms with Gasteiger partial charge in [-0.2, -0.15) is 0 Å². The van der Waals surface area contributed by atoms with Crippen LogP contribution in [0.15, 0.2) is 12.3 Å². The van der Waals surface area contributed by atoms with Crippen LogP contribution in [0.25, 0.3) is 0 Å². The highest BCUT2D eigenvalue weighted by Crippen LogP contribution is 2.13. The summed E-state index contributed by atoms with van der Waals surface area (Å²) >= 11 is 0. The van der Waals surface area contributed by atoms with Crippen molar-refractivity contribution in [2.75, 3.05) is 19.5 Å². The minimum atomic E-state index is -0.420. The summed E-state index contributed by atoms with van der Waals surface area (Å²) < 4.78 is 6.32. The second-order valence-electron chi connectivity index (χ2n) is 3.59. The Morgan fingerprint density at radius 2 is 2.40 bits per heavy atom. The maximum atomic E-state index is 11.4. The number of aliphatic hydroxyl groups is 1. The number of methoxy groups -OCH3 is 1. The summed E-state index contributed by atoms with van der Waals surface area (Å²) in [6.45, 7) is 2.49. The van der Waals surface area contributed by atoms with E-state index in [4.69, 9.17) is 10.8 Å². The Bertz CT molecular complexity index is 346. The molecule has 0 saturated heterocycles. The van der Waals surface area contributed by atoms with Crippen molar-refractivity contribution in [3.63, 3.8) is 0 Å². The van der Waals surface area contributed by atoms with Crippen LogP contribution < -0.4 is 5.73 Å². The van der Waals surface area contributed by atoms with E-state index in [0.717, 1.165) is 0 Å². The minimum absolute atomic E-state index is 0.0682. The van der Waals surface area contributed by atoms with Crippen molar-refractivity contribution in [2.24, 2.45) is 5.92 Å². The Labute approximate surface area is 88.4 Å². The van der Waals surface area contributed by atoms with E-state index in [9.17, 15) is 4.79 Å². The zero-order valence-electron chi connectivity index (χ0n) is 8.93. The zero-order chi connectivity index (χ0) is 11.4. The van der Waals surface area contributed by atoms with Gasteiger partial charge < -0.3 is 20.1 Å². The monoisotopic (exact) mass is 212 g/mol. The Kier molecular flexibility index (Phi) is 3.74. The summed E-state index contributed by atoms with van der Waals surface area (Å²) in [6.07, 6.45) is 1.67. The molecule has 0 aromatic carbocycles. The Balaban J connectivity index is 2.91. The van der Waals surface area contributed by atoms with Crippen molar-refractivity contribution in [2.45, 2.75) is 13.5 Å². The molecular formula is C10H16N2O3. The molecule has 0 fully saturated rings. The topological polar surface area (TPSA) is 77.5 Å². The second-order valence-corrected chi connectivity index (χ2v) is 3.59. The molecule has 0 aliphatic rings. The van der Waals surface area contributed by atoms with Gasteiger partial charge in [0.1, 0.15) is 5.69 Å². The van der Waals surface area contributed by atoms with E-state index in [1.807, 2.05) is 6.92 Å². The quantitative estimate of drug-likeness (QED) is 0.712. The fraction of sp³-hybridized carbons (Fsp3) is 0.500. The lowest BCUT2D eigenvalue weighted by molar-refractivity contribution is 0.0586. The number of nitrogen functional groups attached to an aromatic ring is 1. The molecular weight excluding hydrogens is 196 g/mol. The first-order chi connectivity index (χ1) is 7.08. The summed E-state index contributed by atoms with van der Waals surface area (Å²) in [4.78, 5) is 11.4. The molecule has 1 unspecified atom stereocenters. The van der Waals surface area contributed by atoms with Crippen LogP contribution in [0.2, 0.25) is 0 Å². The number of hydrogen-bond acceptors (Lipinski definition) is 4. The summed E-state index contributed by atoms with van der Waals surface area (Å²) in [6, 6.07) is 1.57. The number of carbonyl (C=O) groups excluding carboxylic acids is 1. The van der Waals surface area contributed by atoms with Gasteiger partial charge in [-0.3, -0.25) is 0 Å². The molecule has 0 spiro atoms. The van der Waals surface area contributed by atoms with E-state index in [2.05, 4.69) is 4.74 Å². The summed E-state index contributed by atoms with van der Waals surface area (Å²) in [5, 5.41) is 8.93. The molecule has 0 aliphatic carbocycles. The number of rotatable bonds is 4. The van der Waals surface area contributed by atoms with E-state index in [1.165, 1.54) is 7.11 Å². The average Bonchev–Trinajstić information content (AvgIpc) is 2.58. The number of carbonyl (C=O) groups is 1. The van der Waals surface area contributed by atoms with E-state index < -0.39 is 5.97 Å². The Hall–Kier alpha value is -1.49. The molecule has 0 saturated carbocycles. The third kappa shape index (κ3) is 2.73. The van der Waals surface area contributed by atoms with Crippen molar-refractivity contribution in [3.05, 3.63) is 18.0 Å². The second kappa shape index (κ2) is 4.84. The van der Waals surface area contributed by atoms with Crippen molar-refractivity contribution in [1.82, 2.24) is 4.57 Å². The standard InChI is InChI=1S/C10H16N2O3/c1-7(6-13)4-12-5-8(11)3-9(12)10(14)15-2/h3,5,7,13H,4,6,11H2,1-2H3. The number of esters is 1. The highest BCUT2D eigenvalue weighted by atomic mass is 16.5. The van der Waals surface area contributed by atoms with Gasteiger partial charge in [0.2, 0.25) is 0 Å². The first kappa shape index (κ1) is 11.6. The van der Waals surface area contributed by atoms with Gasteiger partial charge in [0.15, 0.2) is 0 Å². The maximum absolute atomic E-state index is 11.4. The van der Waals surface area contributed by atoms with Crippen LogP contribution in [-0.4, -0.2) is 29.4 Å². The third-order valence-electron chi connectivity index (χ3n) is 2.13. The predicted molar refractivity (Wildman–Crippen MR) is 56.4 cm³/mol. The summed E-state index contributed by atoms with van der Waals surface area (Å²) in [5.41, 5.74) is 6.52. The predicted octanol–water partition coefficient (Wildman–Crippen LogP) is 0.485. The lowest BCUT2D eigenvalue weighted by atomic mass is 10.2. The normalized spacial score (nSPS) is 12.5. The fourth-order valence-electron chi connectivity index (χ4n) is 1.35. The third-order valence-corrected chi connectivity index (χ3v) is 2.13. The van der Waals surface area contributed by atoms with E-state index in [0.29, 0.717) is 17.9 Å². The fourth-order valence-corrected chi connectivity index (χ4v) is 1.35. The highest BCUT2D eigenvalue weighted by Gasteiger charge is 2.14. The number of anilines is 1. The summed E-state index contributed by atoms with van der Waals surface area (Å²) in [5.74, 6) is -0.350. The van der Waals surface area contributed by atoms with Gasteiger partial charge in [0.25, 0.3) is 0 Å². The molecule has 1 heterocycles. The van der Waals surface area contributed by atoms with Crippen molar-refractivity contribution in [1.29, 1.82) is 0 Å². The molecule has 5 heteroatoms. The molecule has 0 amide bonds. The molecule has 84 valence electrons. The molecule has 5 nitrogen and oxygen atoms in total.